The molecule has 0 spiro atoms. The number of amides is 1. The van der Waals surface area contributed by atoms with Crippen molar-refractivity contribution in [3.63, 3.8) is 0 Å². The van der Waals surface area contributed by atoms with Gasteiger partial charge in [-0.15, -0.1) is 0 Å². The Kier molecular flexibility index (Phi) is 5.25. The lowest BCUT2D eigenvalue weighted by molar-refractivity contribution is 0.0697. The van der Waals surface area contributed by atoms with Crippen LogP contribution in [0, 0.1) is 24.4 Å². The van der Waals surface area contributed by atoms with E-state index < -0.39 is 33.4 Å². The lowest BCUT2D eigenvalue weighted by Gasteiger charge is -2.34. The van der Waals surface area contributed by atoms with Crippen LogP contribution in [0.15, 0.2) is 41.3 Å². The molecule has 1 saturated heterocycles. The molecular weight excluding hydrogens is 381 g/mol. The Morgan fingerprint density at radius 2 is 1.56 bits per heavy atom. The number of halogens is 3. The number of aryl methyl sites for hydroxylation is 1. The summed E-state index contributed by atoms with van der Waals surface area (Å²) in [5.74, 6) is -3.25. The Morgan fingerprint density at radius 3 is 2.15 bits per heavy atom. The van der Waals surface area contributed by atoms with Crippen LogP contribution in [-0.4, -0.2) is 49.7 Å². The molecule has 0 radical (unpaired) electrons. The highest BCUT2D eigenvalue weighted by Gasteiger charge is 2.31. The zero-order chi connectivity index (χ0) is 19.8. The van der Waals surface area contributed by atoms with Gasteiger partial charge in [-0.05, 0) is 42.8 Å². The van der Waals surface area contributed by atoms with Crippen molar-refractivity contribution in [1.82, 2.24) is 9.21 Å². The van der Waals surface area contributed by atoms with Crippen molar-refractivity contribution in [2.45, 2.75) is 11.8 Å². The summed E-state index contributed by atoms with van der Waals surface area (Å²) in [5, 5.41) is 0. The molecule has 0 aliphatic carbocycles. The van der Waals surface area contributed by atoms with Gasteiger partial charge in [0.15, 0.2) is 11.6 Å². The fourth-order valence-corrected chi connectivity index (χ4v) is 4.26. The van der Waals surface area contributed by atoms with Crippen LogP contribution in [0.4, 0.5) is 13.2 Å². The fourth-order valence-electron chi connectivity index (χ4n) is 2.83. The maximum Gasteiger partial charge on any atom is 0.254 e. The number of nitrogens with zero attached hydrogens (tertiary/aromatic N) is 2. The van der Waals surface area contributed by atoms with Gasteiger partial charge in [-0.2, -0.15) is 4.31 Å². The molecule has 144 valence electrons. The van der Waals surface area contributed by atoms with Crippen LogP contribution < -0.4 is 0 Å². The summed E-state index contributed by atoms with van der Waals surface area (Å²) in [4.78, 5) is 13.6. The van der Waals surface area contributed by atoms with Gasteiger partial charge in [-0.25, -0.2) is 21.6 Å². The largest absolute Gasteiger partial charge is 0.336 e. The standard InChI is InChI=1S/C18H17F3N2O3S/c1-12-2-3-13(10-16(12)20)18(24)22-6-8-23(9-7-22)27(25,26)14-4-5-15(19)17(21)11-14/h2-5,10-11H,6-9H2,1H3. The third kappa shape index (κ3) is 3.84. The van der Waals surface area contributed by atoms with E-state index in [0.29, 0.717) is 11.6 Å². The molecule has 1 aliphatic heterocycles. The van der Waals surface area contributed by atoms with Gasteiger partial charge in [-0.1, -0.05) is 6.07 Å². The molecule has 1 amide bonds. The number of piperazine rings is 1. The van der Waals surface area contributed by atoms with Crippen molar-refractivity contribution in [2.75, 3.05) is 26.2 Å². The summed E-state index contributed by atoms with van der Waals surface area (Å²) in [6, 6.07) is 6.57. The van der Waals surface area contributed by atoms with Crippen molar-refractivity contribution in [1.29, 1.82) is 0 Å². The molecule has 2 aromatic rings. The second kappa shape index (κ2) is 7.32. The smallest absolute Gasteiger partial charge is 0.254 e. The van der Waals surface area contributed by atoms with E-state index in [1.807, 2.05) is 0 Å². The monoisotopic (exact) mass is 398 g/mol. The summed E-state index contributed by atoms with van der Waals surface area (Å²) < 4.78 is 66.3. The van der Waals surface area contributed by atoms with Gasteiger partial charge in [0, 0.05) is 31.7 Å². The summed E-state index contributed by atoms with van der Waals surface area (Å²) in [5.41, 5.74) is 0.615. The van der Waals surface area contributed by atoms with Gasteiger partial charge in [0.1, 0.15) is 5.82 Å². The maximum absolute atomic E-state index is 13.7. The highest BCUT2D eigenvalue weighted by Crippen LogP contribution is 2.21. The normalized spacial score (nSPS) is 15.8. The van der Waals surface area contributed by atoms with Crippen LogP contribution >= 0.6 is 0 Å². The molecule has 0 atom stereocenters. The van der Waals surface area contributed by atoms with Gasteiger partial charge >= 0.3 is 0 Å². The van der Waals surface area contributed by atoms with Gasteiger partial charge in [0.05, 0.1) is 4.90 Å². The van der Waals surface area contributed by atoms with E-state index in [9.17, 15) is 26.4 Å². The SMILES string of the molecule is Cc1ccc(C(=O)N2CCN(S(=O)(=O)c3ccc(F)c(F)c3)CC2)cc1F. The molecule has 2 aromatic carbocycles. The molecule has 5 nitrogen and oxygen atoms in total. The molecule has 9 heteroatoms. The first-order valence-electron chi connectivity index (χ1n) is 8.21. The maximum atomic E-state index is 13.7. The summed E-state index contributed by atoms with van der Waals surface area (Å²) >= 11 is 0. The third-order valence-corrected chi connectivity index (χ3v) is 6.37. The summed E-state index contributed by atoms with van der Waals surface area (Å²) in [6.07, 6.45) is 0. The van der Waals surface area contributed by atoms with E-state index in [0.717, 1.165) is 22.5 Å². The summed E-state index contributed by atoms with van der Waals surface area (Å²) in [7, 11) is -4.00. The quantitative estimate of drug-likeness (QED) is 0.799. The topological polar surface area (TPSA) is 57.7 Å². The van der Waals surface area contributed by atoms with Crippen molar-refractivity contribution < 1.29 is 26.4 Å². The van der Waals surface area contributed by atoms with E-state index in [2.05, 4.69) is 0 Å². The second-order valence-electron chi connectivity index (χ2n) is 6.24. The Balaban J connectivity index is 1.71. The molecule has 1 heterocycles. The van der Waals surface area contributed by atoms with Gasteiger partial charge < -0.3 is 4.90 Å². The Bertz CT molecular complexity index is 987. The van der Waals surface area contributed by atoms with E-state index in [1.165, 1.54) is 17.0 Å². The predicted molar refractivity (Wildman–Crippen MR) is 92.2 cm³/mol. The number of carbonyl (C=O) groups is 1. The number of rotatable bonds is 3. The minimum absolute atomic E-state index is 0.00140. The van der Waals surface area contributed by atoms with Gasteiger partial charge in [-0.3, -0.25) is 4.79 Å². The van der Waals surface area contributed by atoms with Crippen LogP contribution in [0.1, 0.15) is 15.9 Å². The molecule has 3 rings (SSSR count). The molecule has 1 aliphatic rings. The van der Waals surface area contributed by atoms with Crippen molar-refractivity contribution in [3.05, 3.63) is 65.0 Å². The highest BCUT2D eigenvalue weighted by atomic mass is 32.2. The van der Waals surface area contributed by atoms with Crippen molar-refractivity contribution >= 4 is 15.9 Å². The lowest BCUT2D eigenvalue weighted by atomic mass is 10.1. The predicted octanol–water partition coefficient (Wildman–Crippen LogP) is 2.56. The minimum Gasteiger partial charge on any atom is -0.336 e. The second-order valence-corrected chi connectivity index (χ2v) is 8.17. The number of sulfonamides is 1. The van der Waals surface area contributed by atoms with Crippen molar-refractivity contribution in [3.8, 4) is 0 Å². The minimum atomic E-state index is -4.00. The first-order chi connectivity index (χ1) is 12.7. The summed E-state index contributed by atoms with van der Waals surface area (Å²) in [6.45, 7) is 1.81. The highest BCUT2D eigenvalue weighted by molar-refractivity contribution is 7.89. The van der Waals surface area contributed by atoms with Gasteiger partial charge in [0.25, 0.3) is 5.91 Å². The molecule has 0 N–H and O–H groups in total. The molecule has 1 fully saturated rings. The average molecular weight is 398 g/mol. The molecule has 0 saturated carbocycles. The van der Waals surface area contributed by atoms with E-state index in [-0.39, 0.29) is 36.6 Å². The first-order valence-corrected chi connectivity index (χ1v) is 9.65. The van der Waals surface area contributed by atoms with Crippen LogP contribution in [0.25, 0.3) is 0 Å². The number of hydrogen-bond donors (Lipinski definition) is 0. The number of hydrogen-bond acceptors (Lipinski definition) is 3. The third-order valence-electron chi connectivity index (χ3n) is 4.47. The van der Waals surface area contributed by atoms with Crippen LogP contribution in [0.3, 0.4) is 0 Å². The van der Waals surface area contributed by atoms with E-state index in [4.69, 9.17) is 0 Å². The number of carbonyl (C=O) groups excluding carboxylic acids is 1. The Hall–Kier alpha value is -2.39. The molecule has 0 unspecified atom stereocenters. The van der Waals surface area contributed by atoms with E-state index >= 15 is 0 Å². The van der Waals surface area contributed by atoms with Crippen LogP contribution in [0.5, 0.6) is 0 Å². The Labute approximate surface area is 155 Å². The zero-order valence-corrected chi connectivity index (χ0v) is 15.3. The molecule has 27 heavy (non-hydrogen) atoms. The average Bonchev–Trinajstić information content (AvgIpc) is 2.65. The van der Waals surface area contributed by atoms with Gasteiger partial charge in [0.2, 0.25) is 10.0 Å². The van der Waals surface area contributed by atoms with Crippen LogP contribution in [-0.2, 0) is 10.0 Å². The molecular formula is C18H17F3N2O3S. The first kappa shape index (κ1) is 19.4. The van der Waals surface area contributed by atoms with Crippen molar-refractivity contribution in [2.24, 2.45) is 0 Å². The van der Waals surface area contributed by atoms with Crippen LogP contribution in [0.2, 0.25) is 0 Å². The fraction of sp³-hybridized carbons (Fsp3) is 0.278. The Morgan fingerprint density at radius 1 is 0.889 bits per heavy atom. The molecule has 0 bridgehead atoms. The lowest BCUT2D eigenvalue weighted by Crippen LogP contribution is -2.50. The van der Waals surface area contributed by atoms with E-state index in [1.54, 1.807) is 6.92 Å². The number of benzene rings is 2. The molecule has 0 aromatic heterocycles. The zero-order valence-electron chi connectivity index (χ0n) is 14.5.